The number of aliphatic hydroxyl groups excluding tert-OH is 1. The van der Waals surface area contributed by atoms with Crippen LogP contribution in [0.5, 0.6) is 0 Å². The van der Waals surface area contributed by atoms with E-state index in [4.69, 9.17) is 16.7 Å². The van der Waals surface area contributed by atoms with Crippen LogP contribution in [0.4, 0.5) is 5.69 Å². The highest BCUT2D eigenvalue weighted by Crippen LogP contribution is 2.21. The van der Waals surface area contributed by atoms with E-state index in [0.717, 1.165) is 0 Å². The van der Waals surface area contributed by atoms with Gasteiger partial charge in [-0.05, 0) is 24.1 Å². The number of anilines is 1. The van der Waals surface area contributed by atoms with Crippen LogP contribution in [-0.2, 0) is 10.2 Å². The second kappa shape index (κ2) is 8.25. The zero-order valence-electron chi connectivity index (χ0n) is 12.0. The van der Waals surface area contributed by atoms with Gasteiger partial charge in [-0.3, -0.25) is 4.72 Å². The molecule has 0 bridgehead atoms. The van der Waals surface area contributed by atoms with E-state index in [1.54, 1.807) is 12.1 Å². The van der Waals surface area contributed by atoms with Crippen molar-refractivity contribution in [1.82, 2.24) is 4.72 Å². The fourth-order valence-corrected chi connectivity index (χ4v) is 2.64. The molecule has 1 rings (SSSR count). The van der Waals surface area contributed by atoms with E-state index in [-0.39, 0.29) is 12.5 Å². The van der Waals surface area contributed by atoms with Crippen LogP contribution >= 0.6 is 11.6 Å². The minimum absolute atomic E-state index is 0.0441. The van der Waals surface area contributed by atoms with E-state index >= 15 is 0 Å². The molecule has 0 aromatic heterocycles. The van der Waals surface area contributed by atoms with E-state index < -0.39 is 10.2 Å². The molecule has 3 N–H and O–H groups in total. The van der Waals surface area contributed by atoms with Crippen molar-refractivity contribution in [2.75, 3.05) is 17.9 Å². The first-order valence-electron chi connectivity index (χ1n) is 6.50. The molecular formula is C14H19ClN2O3S. The topological polar surface area (TPSA) is 78.4 Å². The average Bonchev–Trinajstić information content (AvgIpc) is 2.39. The molecule has 0 fully saturated rings. The predicted molar refractivity (Wildman–Crippen MR) is 85.4 cm³/mol. The van der Waals surface area contributed by atoms with Crippen molar-refractivity contribution >= 4 is 27.5 Å². The van der Waals surface area contributed by atoms with Crippen molar-refractivity contribution in [2.45, 2.75) is 20.3 Å². The van der Waals surface area contributed by atoms with E-state index in [1.807, 2.05) is 13.8 Å². The summed E-state index contributed by atoms with van der Waals surface area (Å²) in [4.78, 5) is 0. The third kappa shape index (κ3) is 6.82. The second-order valence-electron chi connectivity index (χ2n) is 4.81. The Kier molecular flexibility index (Phi) is 6.99. The molecule has 0 saturated heterocycles. The molecule has 0 heterocycles. The first-order chi connectivity index (χ1) is 9.84. The third-order valence-electron chi connectivity index (χ3n) is 2.37. The summed E-state index contributed by atoms with van der Waals surface area (Å²) in [6.45, 7) is 4.11. The summed E-state index contributed by atoms with van der Waals surface area (Å²) in [5.74, 6) is 5.75. The van der Waals surface area contributed by atoms with Gasteiger partial charge in [-0.1, -0.05) is 37.3 Å². The molecule has 0 aliphatic rings. The zero-order chi connectivity index (χ0) is 15.9. The third-order valence-corrected chi connectivity index (χ3v) is 3.64. The molecule has 0 aliphatic carbocycles. The number of benzene rings is 1. The maximum Gasteiger partial charge on any atom is 0.299 e. The smallest absolute Gasteiger partial charge is 0.299 e. The molecule has 0 saturated carbocycles. The lowest BCUT2D eigenvalue weighted by atomic mass is 10.2. The predicted octanol–water partition coefficient (Wildman–Crippen LogP) is 1.98. The van der Waals surface area contributed by atoms with Gasteiger partial charge in [0.1, 0.15) is 0 Å². The zero-order valence-corrected chi connectivity index (χ0v) is 13.6. The Balaban J connectivity index is 2.96. The van der Waals surface area contributed by atoms with E-state index in [1.165, 1.54) is 6.07 Å². The Bertz CT molecular complexity index is 633. The Hall–Kier alpha value is -1.26. The summed E-state index contributed by atoms with van der Waals surface area (Å²) in [5.41, 5.74) is 0.812. The van der Waals surface area contributed by atoms with Gasteiger partial charge in [-0.25, -0.2) is 0 Å². The summed E-state index contributed by atoms with van der Waals surface area (Å²) in [6.07, 6.45) is 0.320. The molecule has 0 spiro atoms. The van der Waals surface area contributed by atoms with Crippen LogP contribution in [0.25, 0.3) is 0 Å². The fraction of sp³-hybridized carbons (Fsp3) is 0.429. The number of nitrogens with one attached hydrogen (secondary N) is 2. The number of hydrogen-bond donors (Lipinski definition) is 3. The first-order valence-corrected chi connectivity index (χ1v) is 8.37. The lowest BCUT2D eigenvalue weighted by molar-refractivity contribution is 0.305. The molecule has 1 aromatic rings. The lowest BCUT2D eigenvalue weighted by Crippen LogP contribution is -2.33. The van der Waals surface area contributed by atoms with E-state index in [2.05, 4.69) is 21.3 Å². The molecule has 21 heavy (non-hydrogen) atoms. The van der Waals surface area contributed by atoms with Crippen LogP contribution in [0.3, 0.4) is 0 Å². The maximum absolute atomic E-state index is 11.9. The molecule has 1 aromatic carbocycles. The number of rotatable bonds is 6. The first kappa shape index (κ1) is 17.8. The van der Waals surface area contributed by atoms with Crippen LogP contribution in [0.15, 0.2) is 18.2 Å². The van der Waals surface area contributed by atoms with Crippen molar-refractivity contribution in [2.24, 2.45) is 5.92 Å². The monoisotopic (exact) mass is 330 g/mol. The van der Waals surface area contributed by atoms with Crippen LogP contribution in [-0.4, -0.2) is 26.7 Å². The Morgan fingerprint density at radius 3 is 2.71 bits per heavy atom. The summed E-state index contributed by atoms with van der Waals surface area (Å²) in [5, 5.41) is 9.13. The molecule has 5 nitrogen and oxygen atoms in total. The molecule has 116 valence electrons. The Morgan fingerprint density at radius 1 is 1.38 bits per heavy atom. The normalized spacial score (nSPS) is 11.1. The number of hydrogen-bond acceptors (Lipinski definition) is 3. The van der Waals surface area contributed by atoms with Crippen LogP contribution in [0, 0.1) is 17.8 Å². The largest absolute Gasteiger partial charge is 0.395 e. The van der Waals surface area contributed by atoms with Gasteiger partial charge in [0.25, 0.3) is 10.2 Å². The fourth-order valence-electron chi connectivity index (χ4n) is 1.38. The quantitative estimate of drug-likeness (QED) is 0.698. The van der Waals surface area contributed by atoms with Crippen molar-refractivity contribution in [1.29, 1.82) is 0 Å². The minimum Gasteiger partial charge on any atom is -0.395 e. The summed E-state index contributed by atoms with van der Waals surface area (Å²) in [6, 6.07) is 4.76. The second-order valence-corrected chi connectivity index (χ2v) is 6.75. The average molecular weight is 331 g/mol. The van der Waals surface area contributed by atoms with E-state index in [9.17, 15) is 8.42 Å². The van der Waals surface area contributed by atoms with Crippen LogP contribution in [0.1, 0.15) is 25.8 Å². The SMILES string of the molecule is CC(C)CNS(=O)(=O)Nc1cc(Cl)ccc1C#CCCO. The molecule has 7 heteroatoms. The summed E-state index contributed by atoms with van der Waals surface area (Å²) < 4.78 is 28.8. The summed E-state index contributed by atoms with van der Waals surface area (Å²) in [7, 11) is -3.68. The van der Waals surface area contributed by atoms with Gasteiger partial charge in [0.15, 0.2) is 0 Å². The molecule has 0 radical (unpaired) electrons. The van der Waals surface area contributed by atoms with Gasteiger partial charge in [-0.2, -0.15) is 13.1 Å². The van der Waals surface area contributed by atoms with Gasteiger partial charge < -0.3 is 5.11 Å². The van der Waals surface area contributed by atoms with Crippen molar-refractivity contribution in [3.8, 4) is 11.8 Å². The van der Waals surface area contributed by atoms with Gasteiger partial charge in [0.05, 0.1) is 12.3 Å². The highest BCUT2D eigenvalue weighted by molar-refractivity contribution is 7.90. The van der Waals surface area contributed by atoms with E-state index in [0.29, 0.717) is 29.2 Å². The van der Waals surface area contributed by atoms with Gasteiger partial charge in [0, 0.05) is 23.6 Å². The Morgan fingerprint density at radius 2 is 2.10 bits per heavy atom. The highest BCUT2D eigenvalue weighted by atomic mass is 35.5. The van der Waals surface area contributed by atoms with Crippen LogP contribution in [0.2, 0.25) is 5.02 Å². The van der Waals surface area contributed by atoms with Crippen molar-refractivity contribution < 1.29 is 13.5 Å². The van der Waals surface area contributed by atoms with Gasteiger partial charge >= 0.3 is 0 Å². The molecule has 0 amide bonds. The Labute approximate surface area is 130 Å². The highest BCUT2D eigenvalue weighted by Gasteiger charge is 2.12. The molecular weight excluding hydrogens is 312 g/mol. The molecule has 0 atom stereocenters. The van der Waals surface area contributed by atoms with Crippen molar-refractivity contribution in [3.05, 3.63) is 28.8 Å². The standard InChI is InChI=1S/C14H19ClN2O3S/c1-11(2)10-16-21(19,20)17-14-9-13(15)7-6-12(14)5-3-4-8-18/h6-7,9,11,16-18H,4,8,10H2,1-2H3. The minimum atomic E-state index is -3.68. The summed E-state index contributed by atoms with van der Waals surface area (Å²) >= 11 is 5.89. The van der Waals surface area contributed by atoms with Crippen LogP contribution < -0.4 is 9.44 Å². The van der Waals surface area contributed by atoms with Crippen molar-refractivity contribution in [3.63, 3.8) is 0 Å². The van der Waals surface area contributed by atoms with Gasteiger partial charge in [-0.15, -0.1) is 0 Å². The number of aliphatic hydroxyl groups is 1. The molecule has 0 aliphatic heterocycles. The lowest BCUT2D eigenvalue weighted by Gasteiger charge is -2.12. The van der Waals surface area contributed by atoms with Gasteiger partial charge in [0.2, 0.25) is 0 Å². The molecule has 0 unspecified atom stereocenters. The maximum atomic E-state index is 11.9. The number of halogens is 1.